The lowest BCUT2D eigenvalue weighted by Crippen LogP contribution is -2.51. The SMILES string of the molecule is CN1CCCC(NC2CCOC(C)(C)C2)C1. The fourth-order valence-corrected chi connectivity index (χ4v) is 3.01. The molecule has 2 aliphatic rings. The molecule has 0 aromatic rings. The molecule has 16 heavy (non-hydrogen) atoms. The molecule has 0 aromatic carbocycles. The van der Waals surface area contributed by atoms with E-state index < -0.39 is 0 Å². The van der Waals surface area contributed by atoms with Gasteiger partial charge in [-0.2, -0.15) is 0 Å². The lowest BCUT2D eigenvalue weighted by Gasteiger charge is -2.39. The molecule has 0 aliphatic carbocycles. The first kappa shape index (κ1) is 12.3. The molecule has 2 rings (SSSR count). The van der Waals surface area contributed by atoms with Crippen LogP contribution in [-0.2, 0) is 4.74 Å². The Kier molecular flexibility index (Phi) is 3.88. The third-order valence-corrected chi connectivity index (χ3v) is 3.79. The van der Waals surface area contributed by atoms with E-state index in [0.29, 0.717) is 12.1 Å². The summed E-state index contributed by atoms with van der Waals surface area (Å²) in [5.74, 6) is 0. The van der Waals surface area contributed by atoms with Crippen LogP contribution in [0.5, 0.6) is 0 Å². The normalized spacial score (nSPS) is 36.2. The predicted octanol–water partition coefficient (Wildman–Crippen LogP) is 1.63. The van der Waals surface area contributed by atoms with E-state index in [9.17, 15) is 0 Å². The second-order valence-corrected chi connectivity index (χ2v) is 6.07. The van der Waals surface area contributed by atoms with Gasteiger partial charge >= 0.3 is 0 Å². The maximum Gasteiger partial charge on any atom is 0.0641 e. The highest BCUT2D eigenvalue weighted by Gasteiger charge is 2.30. The van der Waals surface area contributed by atoms with E-state index in [1.807, 2.05) is 0 Å². The van der Waals surface area contributed by atoms with Crippen molar-refractivity contribution in [3.8, 4) is 0 Å². The zero-order chi connectivity index (χ0) is 11.6. The molecule has 0 aromatic heterocycles. The van der Waals surface area contributed by atoms with Gasteiger partial charge in [-0.05, 0) is 53.1 Å². The average molecular weight is 226 g/mol. The highest BCUT2D eigenvalue weighted by atomic mass is 16.5. The van der Waals surface area contributed by atoms with E-state index in [0.717, 1.165) is 13.0 Å². The van der Waals surface area contributed by atoms with Crippen LogP contribution in [0.4, 0.5) is 0 Å². The quantitative estimate of drug-likeness (QED) is 0.774. The molecular formula is C13H26N2O. The number of likely N-dealkylation sites (tertiary alicyclic amines) is 1. The molecular weight excluding hydrogens is 200 g/mol. The Balaban J connectivity index is 1.80. The third-order valence-electron chi connectivity index (χ3n) is 3.79. The summed E-state index contributed by atoms with van der Waals surface area (Å²) in [6.07, 6.45) is 4.99. The summed E-state index contributed by atoms with van der Waals surface area (Å²) in [5.41, 5.74) is 0.0660. The molecule has 2 aliphatic heterocycles. The molecule has 0 amide bonds. The number of nitrogens with zero attached hydrogens (tertiary/aromatic N) is 1. The molecule has 2 heterocycles. The minimum Gasteiger partial charge on any atom is -0.375 e. The summed E-state index contributed by atoms with van der Waals surface area (Å²) in [6, 6.07) is 1.35. The van der Waals surface area contributed by atoms with Gasteiger partial charge in [0, 0.05) is 25.2 Å². The molecule has 0 saturated carbocycles. The van der Waals surface area contributed by atoms with Gasteiger partial charge in [-0.3, -0.25) is 0 Å². The maximum absolute atomic E-state index is 5.76. The number of piperidine rings is 1. The van der Waals surface area contributed by atoms with Crippen LogP contribution < -0.4 is 5.32 Å². The summed E-state index contributed by atoms with van der Waals surface area (Å²) in [7, 11) is 2.22. The number of likely N-dealkylation sites (N-methyl/N-ethyl adjacent to an activating group) is 1. The molecule has 3 heteroatoms. The fraction of sp³-hybridized carbons (Fsp3) is 1.00. The predicted molar refractivity (Wildman–Crippen MR) is 66.7 cm³/mol. The van der Waals surface area contributed by atoms with Gasteiger partial charge in [-0.1, -0.05) is 0 Å². The van der Waals surface area contributed by atoms with Crippen LogP contribution in [0.1, 0.15) is 39.5 Å². The van der Waals surface area contributed by atoms with Crippen molar-refractivity contribution in [2.45, 2.75) is 57.2 Å². The molecule has 2 fully saturated rings. The smallest absolute Gasteiger partial charge is 0.0641 e. The summed E-state index contributed by atoms with van der Waals surface area (Å²) >= 11 is 0. The van der Waals surface area contributed by atoms with Gasteiger partial charge in [-0.25, -0.2) is 0 Å². The van der Waals surface area contributed by atoms with Gasteiger partial charge in [-0.15, -0.1) is 0 Å². The van der Waals surface area contributed by atoms with E-state index in [1.165, 1.54) is 32.4 Å². The van der Waals surface area contributed by atoms with Crippen molar-refractivity contribution < 1.29 is 4.74 Å². The zero-order valence-electron chi connectivity index (χ0n) is 11.0. The molecule has 2 unspecified atom stereocenters. The number of rotatable bonds is 2. The van der Waals surface area contributed by atoms with Crippen LogP contribution in [0, 0.1) is 0 Å². The van der Waals surface area contributed by atoms with Crippen LogP contribution in [0.3, 0.4) is 0 Å². The largest absolute Gasteiger partial charge is 0.375 e. The van der Waals surface area contributed by atoms with Crippen molar-refractivity contribution in [3.05, 3.63) is 0 Å². The lowest BCUT2D eigenvalue weighted by molar-refractivity contribution is -0.0649. The second kappa shape index (κ2) is 5.03. The van der Waals surface area contributed by atoms with Gasteiger partial charge in [0.1, 0.15) is 0 Å². The summed E-state index contributed by atoms with van der Waals surface area (Å²) in [6.45, 7) is 7.78. The van der Waals surface area contributed by atoms with Crippen LogP contribution in [0.25, 0.3) is 0 Å². The highest BCUT2D eigenvalue weighted by Crippen LogP contribution is 2.24. The van der Waals surface area contributed by atoms with Gasteiger partial charge in [0.2, 0.25) is 0 Å². The summed E-state index contributed by atoms with van der Waals surface area (Å²) < 4.78 is 5.76. The summed E-state index contributed by atoms with van der Waals surface area (Å²) in [4.78, 5) is 2.44. The number of hydrogen-bond acceptors (Lipinski definition) is 3. The van der Waals surface area contributed by atoms with Crippen molar-refractivity contribution in [2.24, 2.45) is 0 Å². The van der Waals surface area contributed by atoms with E-state index in [1.54, 1.807) is 0 Å². The van der Waals surface area contributed by atoms with Gasteiger partial charge < -0.3 is 15.0 Å². The topological polar surface area (TPSA) is 24.5 Å². The Bertz CT molecular complexity index is 230. The molecule has 0 radical (unpaired) electrons. The van der Waals surface area contributed by atoms with Crippen molar-refractivity contribution in [3.63, 3.8) is 0 Å². The average Bonchev–Trinajstić information content (AvgIpc) is 2.15. The van der Waals surface area contributed by atoms with Crippen LogP contribution in [0.15, 0.2) is 0 Å². The van der Waals surface area contributed by atoms with Gasteiger partial charge in [0.15, 0.2) is 0 Å². The van der Waals surface area contributed by atoms with Crippen molar-refractivity contribution in [2.75, 3.05) is 26.7 Å². The molecule has 0 bridgehead atoms. The fourth-order valence-electron chi connectivity index (χ4n) is 3.01. The molecule has 2 atom stereocenters. The third kappa shape index (κ3) is 3.44. The second-order valence-electron chi connectivity index (χ2n) is 6.07. The summed E-state index contributed by atoms with van der Waals surface area (Å²) in [5, 5.41) is 3.82. The number of nitrogens with one attached hydrogen (secondary N) is 1. The minimum atomic E-state index is 0.0660. The van der Waals surface area contributed by atoms with Gasteiger partial charge in [0.25, 0.3) is 0 Å². The lowest BCUT2D eigenvalue weighted by atomic mass is 9.92. The molecule has 1 N–H and O–H groups in total. The van der Waals surface area contributed by atoms with E-state index in [2.05, 4.69) is 31.1 Å². The van der Waals surface area contributed by atoms with E-state index in [4.69, 9.17) is 4.74 Å². The molecule has 2 saturated heterocycles. The van der Waals surface area contributed by atoms with Crippen LogP contribution in [-0.4, -0.2) is 49.3 Å². The van der Waals surface area contributed by atoms with Crippen molar-refractivity contribution >= 4 is 0 Å². The Morgan fingerprint density at radius 1 is 1.25 bits per heavy atom. The zero-order valence-corrected chi connectivity index (χ0v) is 11.0. The highest BCUT2D eigenvalue weighted by molar-refractivity contribution is 4.87. The maximum atomic E-state index is 5.76. The Morgan fingerprint density at radius 2 is 2.06 bits per heavy atom. The van der Waals surface area contributed by atoms with Crippen LogP contribution in [0.2, 0.25) is 0 Å². The minimum absolute atomic E-state index is 0.0660. The Hall–Kier alpha value is -0.120. The molecule has 94 valence electrons. The van der Waals surface area contributed by atoms with Crippen LogP contribution >= 0.6 is 0 Å². The first-order chi connectivity index (χ1) is 7.55. The van der Waals surface area contributed by atoms with Crippen molar-refractivity contribution in [1.82, 2.24) is 10.2 Å². The van der Waals surface area contributed by atoms with E-state index in [-0.39, 0.29) is 5.60 Å². The molecule has 0 spiro atoms. The molecule has 3 nitrogen and oxygen atoms in total. The van der Waals surface area contributed by atoms with E-state index >= 15 is 0 Å². The number of hydrogen-bond donors (Lipinski definition) is 1. The van der Waals surface area contributed by atoms with Crippen molar-refractivity contribution in [1.29, 1.82) is 0 Å². The first-order valence-electron chi connectivity index (χ1n) is 6.64. The van der Waals surface area contributed by atoms with Gasteiger partial charge in [0.05, 0.1) is 5.60 Å². The monoisotopic (exact) mass is 226 g/mol. The Labute approximate surface area is 99.5 Å². The number of ether oxygens (including phenoxy) is 1. The Morgan fingerprint density at radius 3 is 2.75 bits per heavy atom. The first-order valence-corrected chi connectivity index (χ1v) is 6.64. The standard InChI is InChI=1S/C13H26N2O/c1-13(2)9-11(6-8-16-13)14-12-5-4-7-15(3)10-12/h11-12,14H,4-10H2,1-3H3.